The van der Waals surface area contributed by atoms with Crippen molar-refractivity contribution in [3.63, 3.8) is 0 Å². The molecule has 0 aromatic heterocycles. The van der Waals surface area contributed by atoms with Crippen molar-refractivity contribution < 1.29 is 9.47 Å². The van der Waals surface area contributed by atoms with Crippen molar-refractivity contribution in [3.05, 3.63) is 22.7 Å². The third kappa shape index (κ3) is 3.75. The van der Waals surface area contributed by atoms with Crippen LogP contribution < -0.4 is 14.8 Å². The molecule has 1 saturated heterocycles. The van der Waals surface area contributed by atoms with Crippen LogP contribution in [0.5, 0.6) is 11.5 Å². The summed E-state index contributed by atoms with van der Waals surface area (Å²) in [6.45, 7) is 5.34. The van der Waals surface area contributed by atoms with Gasteiger partial charge in [0.05, 0.1) is 14.2 Å². The number of ether oxygens (including phenoxy) is 2. The molecule has 1 fully saturated rings. The van der Waals surface area contributed by atoms with Crippen molar-refractivity contribution in [1.29, 1.82) is 0 Å². The van der Waals surface area contributed by atoms with Gasteiger partial charge < -0.3 is 19.7 Å². The van der Waals surface area contributed by atoms with Gasteiger partial charge in [-0.05, 0) is 12.5 Å². The van der Waals surface area contributed by atoms with Crippen LogP contribution in [0.25, 0.3) is 0 Å². The van der Waals surface area contributed by atoms with Gasteiger partial charge in [0.1, 0.15) is 0 Å². The Labute approximate surface area is 119 Å². The third-order valence-electron chi connectivity index (χ3n) is 3.43. The van der Waals surface area contributed by atoms with Gasteiger partial charge in [-0.15, -0.1) is 0 Å². The first-order valence-electron chi connectivity index (χ1n) is 6.58. The molecule has 0 atom stereocenters. The summed E-state index contributed by atoms with van der Waals surface area (Å²) in [4.78, 5) is 2.45. The van der Waals surface area contributed by atoms with Crippen LogP contribution in [0.15, 0.2) is 12.1 Å². The van der Waals surface area contributed by atoms with E-state index in [0.717, 1.165) is 50.5 Å². The lowest BCUT2D eigenvalue weighted by atomic mass is 10.1. The van der Waals surface area contributed by atoms with E-state index in [1.54, 1.807) is 20.3 Å². The molecule has 0 spiro atoms. The zero-order valence-corrected chi connectivity index (χ0v) is 12.3. The SMILES string of the molecule is COc1cc(Cl)cc(CCN2CCNCC2)c1OC. The number of nitrogens with zero attached hydrogens (tertiary/aromatic N) is 1. The molecule has 1 heterocycles. The molecule has 1 aromatic rings. The molecule has 1 aliphatic rings. The van der Waals surface area contributed by atoms with Crippen LogP contribution in [0, 0.1) is 0 Å². The standard InChI is InChI=1S/C14H21ClN2O2/c1-18-13-10-12(15)9-11(14(13)19-2)3-6-17-7-4-16-5-8-17/h9-10,16H,3-8H2,1-2H3. The zero-order chi connectivity index (χ0) is 13.7. The number of piperazine rings is 1. The smallest absolute Gasteiger partial charge is 0.164 e. The van der Waals surface area contributed by atoms with Crippen molar-refractivity contribution in [1.82, 2.24) is 10.2 Å². The van der Waals surface area contributed by atoms with Crippen LogP contribution in [0.4, 0.5) is 0 Å². The maximum Gasteiger partial charge on any atom is 0.164 e. The van der Waals surface area contributed by atoms with E-state index in [1.165, 1.54) is 0 Å². The summed E-state index contributed by atoms with van der Waals surface area (Å²) in [5.41, 5.74) is 1.10. The fourth-order valence-corrected chi connectivity index (χ4v) is 2.64. The van der Waals surface area contributed by atoms with E-state index in [-0.39, 0.29) is 0 Å². The van der Waals surface area contributed by atoms with E-state index in [0.29, 0.717) is 10.8 Å². The second-order valence-corrected chi connectivity index (χ2v) is 5.08. The highest BCUT2D eigenvalue weighted by Crippen LogP contribution is 2.34. The maximum absolute atomic E-state index is 6.12. The number of nitrogens with one attached hydrogen (secondary N) is 1. The molecule has 1 aromatic carbocycles. The third-order valence-corrected chi connectivity index (χ3v) is 3.65. The number of hydrogen-bond acceptors (Lipinski definition) is 4. The van der Waals surface area contributed by atoms with Gasteiger partial charge in [0.2, 0.25) is 0 Å². The number of hydrogen-bond donors (Lipinski definition) is 1. The Balaban J connectivity index is 2.07. The van der Waals surface area contributed by atoms with Gasteiger partial charge >= 0.3 is 0 Å². The maximum atomic E-state index is 6.12. The molecule has 2 rings (SSSR count). The van der Waals surface area contributed by atoms with Gasteiger partial charge in [-0.3, -0.25) is 0 Å². The first-order chi connectivity index (χ1) is 9.24. The second-order valence-electron chi connectivity index (χ2n) is 4.64. The molecule has 0 saturated carbocycles. The van der Waals surface area contributed by atoms with Crippen molar-refractivity contribution in [2.75, 3.05) is 46.9 Å². The highest BCUT2D eigenvalue weighted by molar-refractivity contribution is 6.30. The monoisotopic (exact) mass is 284 g/mol. The van der Waals surface area contributed by atoms with Crippen LogP contribution in [-0.4, -0.2) is 51.8 Å². The molecular formula is C14H21ClN2O2. The number of methoxy groups -OCH3 is 2. The minimum absolute atomic E-state index is 0.688. The van der Waals surface area contributed by atoms with Gasteiger partial charge in [-0.1, -0.05) is 11.6 Å². The Morgan fingerprint density at radius 2 is 1.95 bits per heavy atom. The molecule has 1 aliphatic heterocycles. The van der Waals surface area contributed by atoms with Crippen molar-refractivity contribution in [2.45, 2.75) is 6.42 Å². The lowest BCUT2D eigenvalue weighted by Crippen LogP contribution is -2.44. The Morgan fingerprint density at radius 3 is 2.58 bits per heavy atom. The Kier molecular flexibility index (Phi) is 5.31. The first kappa shape index (κ1) is 14.4. The molecule has 19 heavy (non-hydrogen) atoms. The molecule has 0 unspecified atom stereocenters. The second kappa shape index (κ2) is 6.98. The predicted molar refractivity (Wildman–Crippen MR) is 77.6 cm³/mol. The number of rotatable bonds is 5. The van der Waals surface area contributed by atoms with E-state index in [4.69, 9.17) is 21.1 Å². The summed E-state index contributed by atoms with van der Waals surface area (Å²) in [6, 6.07) is 3.75. The van der Waals surface area contributed by atoms with Crippen molar-refractivity contribution in [3.8, 4) is 11.5 Å². The predicted octanol–water partition coefficient (Wildman–Crippen LogP) is 1.80. The minimum atomic E-state index is 0.688. The van der Waals surface area contributed by atoms with Crippen LogP contribution in [-0.2, 0) is 6.42 Å². The molecule has 106 valence electrons. The minimum Gasteiger partial charge on any atom is -0.493 e. The Bertz CT molecular complexity index is 420. The molecule has 5 heteroatoms. The Hall–Kier alpha value is -0.970. The highest BCUT2D eigenvalue weighted by atomic mass is 35.5. The molecule has 0 aliphatic carbocycles. The van der Waals surface area contributed by atoms with Gasteiger partial charge in [-0.25, -0.2) is 0 Å². The average molecular weight is 285 g/mol. The van der Waals surface area contributed by atoms with Crippen LogP contribution in [0.3, 0.4) is 0 Å². The fraction of sp³-hybridized carbons (Fsp3) is 0.571. The van der Waals surface area contributed by atoms with E-state index in [1.807, 2.05) is 6.07 Å². The number of halogens is 1. The average Bonchev–Trinajstić information content (AvgIpc) is 2.45. The van der Waals surface area contributed by atoms with E-state index in [9.17, 15) is 0 Å². The number of benzene rings is 1. The summed E-state index contributed by atoms with van der Waals surface area (Å²) in [5.74, 6) is 1.49. The highest BCUT2D eigenvalue weighted by Gasteiger charge is 2.14. The van der Waals surface area contributed by atoms with Gasteiger partial charge in [-0.2, -0.15) is 0 Å². The summed E-state index contributed by atoms with van der Waals surface area (Å²) >= 11 is 6.12. The summed E-state index contributed by atoms with van der Waals surface area (Å²) in [5, 5.41) is 4.04. The molecular weight excluding hydrogens is 264 g/mol. The molecule has 0 bridgehead atoms. The largest absolute Gasteiger partial charge is 0.493 e. The topological polar surface area (TPSA) is 33.7 Å². The Morgan fingerprint density at radius 1 is 1.21 bits per heavy atom. The fourth-order valence-electron chi connectivity index (χ4n) is 2.41. The van der Waals surface area contributed by atoms with E-state index >= 15 is 0 Å². The van der Waals surface area contributed by atoms with Gasteiger partial charge in [0, 0.05) is 49.4 Å². The van der Waals surface area contributed by atoms with Crippen LogP contribution in [0.2, 0.25) is 5.02 Å². The molecule has 0 radical (unpaired) electrons. The summed E-state index contributed by atoms with van der Waals surface area (Å²) in [6.07, 6.45) is 0.917. The van der Waals surface area contributed by atoms with Crippen molar-refractivity contribution >= 4 is 11.6 Å². The quantitative estimate of drug-likeness (QED) is 0.894. The van der Waals surface area contributed by atoms with Gasteiger partial charge in [0.15, 0.2) is 11.5 Å². The molecule has 0 amide bonds. The molecule has 1 N–H and O–H groups in total. The van der Waals surface area contributed by atoms with E-state index in [2.05, 4.69) is 10.2 Å². The normalized spacial score (nSPS) is 16.4. The summed E-state index contributed by atoms with van der Waals surface area (Å²) in [7, 11) is 3.30. The lowest BCUT2D eigenvalue weighted by molar-refractivity contribution is 0.242. The van der Waals surface area contributed by atoms with Gasteiger partial charge in [0.25, 0.3) is 0 Å². The summed E-state index contributed by atoms with van der Waals surface area (Å²) < 4.78 is 10.8. The van der Waals surface area contributed by atoms with Crippen LogP contribution >= 0.6 is 11.6 Å². The first-order valence-corrected chi connectivity index (χ1v) is 6.96. The van der Waals surface area contributed by atoms with Crippen molar-refractivity contribution in [2.24, 2.45) is 0 Å². The van der Waals surface area contributed by atoms with E-state index < -0.39 is 0 Å². The van der Waals surface area contributed by atoms with Crippen LogP contribution in [0.1, 0.15) is 5.56 Å². The lowest BCUT2D eigenvalue weighted by Gasteiger charge is -2.27. The molecule has 4 nitrogen and oxygen atoms in total. The zero-order valence-electron chi connectivity index (χ0n) is 11.5.